The summed E-state index contributed by atoms with van der Waals surface area (Å²) in [6.45, 7) is 7.28. The molecule has 1 aliphatic rings. The topological polar surface area (TPSA) is 41.3 Å². The second-order valence-electron chi connectivity index (χ2n) is 7.83. The number of hydrogen-bond acceptors (Lipinski definition) is 3. The quantitative estimate of drug-likeness (QED) is 0.513. The Balaban J connectivity index is 1.75. The summed E-state index contributed by atoms with van der Waals surface area (Å²) < 4.78 is 6.37. The van der Waals surface area contributed by atoms with E-state index in [1.807, 2.05) is 54.7 Å². The van der Waals surface area contributed by atoms with Crippen molar-refractivity contribution >= 4 is 28.9 Å². The molecule has 150 valence electrons. The van der Waals surface area contributed by atoms with Crippen LogP contribution in [0.2, 0.25) is 5.02 Å². The lowest BCUT2D eigenvalue weighted by Crippen LogP contribution is -2.32. The standard InChI is InChI=1S/C23H24ClN3OS/c1-14(2)13-27-22(21(26-23(27)29)18-6-4-5-11-25-18)20-10-9-19(28-20)17-12-16(24)8-7-15(17)3/h4-12,14,21-22H,13H2,1-3H3,(H,26,29)/t21-,22-/m0/s1. The van der Waals surface area contributed by atoms with Crippen LogP contribution in [0.25, 0.3) is 11.3 Å². The molecule has 2 atom stereocenters. The summed E-state index contributed by atoms with van der Waals surface area (Å²) in [4.78, 5) is 6.78. The van der Waals surface area contributed by atoms with Crippen LogP contribution >= 0.6 is 23.8 Å². The van der Waals surface area contributed by atoms with Gasteiger partial charge in [-0.2, -0.15) is 0 Å². The second kappa shape index (κ2) is 8.17. The van der Waals surface area contributed by atoms with Crippen LogP contribution < -0.4 is 5.32 Å². The Bertz CT molecular complexity index is 1020. The number of rotatable bonds is 5. The molecule has 29 heavy (non-hydrogen) atoms. The molecule has 3 heterocycles. The smallest absolute Gasteiger partial charge is 0.170 e. The molecule has 3 aromatic rings. The zero-order chi connectivity index (χ0) is 20.5. The third kappa shape index (κ3) is 4.02. The lowest BCUT2D eigenvalue weighted by molar-refractivity contribution is 0.253. The van der Waals surface area contributed by atoms with E-state index in [-0.39, 0.29) is 12.1 Å². The third-order valence-corrected chi connectivity index (χ3v) is 5.73. The van der Waals surface area contributed by atoms with Gasteiger partial charge in [0.1, 0.15) is 17.6 Å². The van der Waals surface area contributed by atoms with Crippen molar-refractivity contribution in [2.24, 2.45) is 5.92 Å². The summed E-state index contributed by atoms with van der Waals surface area (Å²) in [6, 6.07) is 15.7. The molecule has 1 aromatic carbocycles. The normalized spacial score (nSPS) is 19.1. The minimum absolute atomic E-state index is 0.0620. The fourth-order valence-electron chi connectivity index (χ4n) is 3.82. The summed E-state index contributed by atoms with van der Waals surface area (Å²) in [5, 5.41) is 4.88. The SMILES string of the molecule is Cc1ccc(Cl)cc1-c1ccc([C@H]2[C@H](c3ccccn3)NC(=S)N2CC(C)C)o1. The zero-order valence-corrected chi connectivity index (χ0v) is 18.3. The molecule has 0 aliphatic carbocycles. The molecular weight excluding hydrogens is 402 g/mol. The van der Waals surface area contributed by atoms with E-state index >= 15 is 0 Å². The molecule has 4 rings (SSSR count). The maximum Gasteiger partial charge on any atom is 0.170 e. The largest absolute Gasteiger partial charge is 0.459 e. The molecule has 0 radical (unpaired) electrons. The monoisotopic (exact) mass is 425 g/mol. The van der Waals surface area contributed by atoms with Crippen LogP contribution in [0.5, 0.6) is 0 Å². The van der Waals surface area contributed by atoms with Crippen LogP contribution in [0.4, 0.5) is 0 Å². The van der Waals surface area contributed by atoms with Crippen molar-refractivity contribution in [3.8, 4) is 11.3 Å². The first-order chi connectivity index (χ1) is 13.9. The van der Waals surface area contributed by atoms with Crippen LogP contribution in [0.15, 0.2) is 59.1 Å². The van der Waals surface area contributed by atoms with Gasteiger partial charge in [-0.05, 0) is 67.0 Å². The van der Waals surface area contributed by atoms with Gasteiger partial charge in [0.2, 0.25) is 0 Å². The molecule has 0 amide bonds. The van der Waals surface area contributed by atoms with Crippen molar-refractivity contribution in [2.75, 3.05) is 6.54 Å². The van der Waals surface area contributed by atoms with E-state index in [2.05, 4.69) is 36.0 Å². The zero-order valence-electron chi connectivity index (χ0n) is 16.7. The molecule has 1 saturated heterocycles. The molecule has 1 aliphatic heterocycles. The van der Waals surface area contributed by atoms with E-state index in [1.54, 1.807) is 0 Å². The summed E-state index contributed by atoms with van der Waals surface area (Å²) >= 11 is 11.9. The Kier molecular flexibility index (Phi) is 5.61. The fraction of sp³-hybridized carbons (Fsp3) is 0.304. The van der Waals surface area contributed by atoms with Crippen molar-refractivity contribution in [1.29, 1.82) is 0 Å². The number of nitrogens with one attached hydrogen (secondary N) is 1. The first kappa shape index (κ1) is 19.9. The van der Waals surface area contributed by atoms with Crippen LogP contribution in [-0.2, 0) is 0 Å². The number of aromatic nitrogens is 1. The highest BCUT2D eigenvalue weighted by Gasteiger charge is 2.41. The predicted octanol–water partition coefficient (Wildman–Crippen LogP) is 5.93. The molecule has 2 aromatic heterocycles. The third-order valence-electron chi connectivity index (χ3n) is 5.14. The van der Waals surface area contributed by atoms with E-state index in [4.69, 9.17) is 28.2 Å². The minimum atomic E-state index is -0.0677. The highest BCUT2D eigenvalue weighted by Crippen LogP contribution is 2.41. The van der Waals surface area contributed by atoms with Gasteiger partial charge >= 0.3 is 0 Å². The average molecular weight is 426 g/mol. The van der Waals surface area contributed by atoms with E-state index < -0.39 is 0 Å². The maximum atomic E-state index is 6.37. The van der Waals surface area contributed by atoms with E-state index in [1.165, 1.54) is 0 Å². The van der Waals surface area contributed by atoms with Crippen molar-refractivity contribution in [1.82, 2.24) is 15.2 Å². The number of thiocarbonyl (C=S) groups is 1. The molecule has 0 saturated carbocycles. The Morgan fingerprint density at radius 3 is 2.76 bits per heavy atom. The highest BCUT2D eigenvalue weighted by molar-refractivity contribution is 7.80. The van der Waals surface area contributed by atoms with Gasteiger partial charge in [-0.3, -0.25) is 4.98 Å². The molecule has 0 unspecified atom stereocenters. The van der Waals surface area contributed by atoms with Gasteiger partial charge in [-0.25, -0.2) is 0 Å². The Hall–Kier alpha value is -2.37. The number of hydrogen-bond donors (Lipinski definition) is 1. The summed E-state index contributed by atoms with van der Waals surface area (Å²) in [6.07, 6.45) is 1.81. The molecule has 1 fully saturated rings. The minimum Gasteiger partial charge on any atom is -0.459 e. The highest BCUT2D eigenvalue weighted by atomic mass is 35.5. The number of benzene rings is 1. The maximum absolute atomic E-state index is 6.37. The molecular formula is C23H24ClN3OS. The number of pyridine rings is 1. The first-order valence-corrected chi connectivity index (χ1v) is 10.6. The van der Waals surface area contributed by atoms with E-state index in [9.17, 15) is 0 Å². The first-order valence-electron chi connectivity index (χ1n) is 9.78. The van der Waals surface area contributed by atoms with Gasteiger partial charge in [-0.15, -0.1) is 0 Å². The number of halogens is 1. The lowest BCUT2D eigenvalue weighted by Gasteiger charge is -2.27. The van der Waals surface area contributed by atoms with Crippen molar-refractivity contribution in [3.63, 3.8) is 0 Å². The fourth-order valence-corrected chi connectivity index (χ4v) is 4.31. The molecule has 6 heteroatoms. The average Bonchev–Trinajstić information content (AvgIpc) is 3.29. The number of nitrogens with zero attached hydrogens (tertiary/aromatic N) is 2. The van der Waals surface area contributed by atoms with E-state index in [0.29, 0.717) is 10.9 Å². The molecule has 0 spiro atoms. The Labute approximate surface area is 181 Å². The second-order valence-corrected chi connectivity index (χ2v) is 8.66. The van der Waals surface area contributed by atoms with Crippen molar-refractivity contribution in [2.45, 2.75) is 32.9 Å². The van der Waals surface area contributed by atoms with Gasteiger partial charge in [0.05, 0.1) is 11.7 Å². The lowest BCUT2D eigenvalue weighted by atomic mass is 10.0. The molecule has 1 N–H and O–H groups in total. The van der Waals surface area contributed by atoms with Crippen LogP contribution in [0.3, 0.4) is 0 Å². The van der Waals surface area contributed by atoms with Gasteiger partial charge in [-0.1, -0.05) is 37.6 Å². The number of furan rings is 1. The molecule has 0 bridgehead atoms. The Morgan fingerprint density at radius 2 is 2.03 bits per heavy atom. The summed E-state index contributed by atoms with van der Waals surface area (Å²) in [5.41, 5.74) is 3.07. The van der Waals surface area contributed by atoms with Crippen LogP contribution in [-0.4, -0.2) is 21.5 Å². The number of aryl methyl sites for hydroxylation is 1. The Morgan fingerprint density at radius 1 is 1.21 bits per heavy atom. The summed E-state index contributed by atoms with van der Waals surface area (Å²) in [7, 11) is 0. The van der Waals surface area contributed by atoms with E-state index in [0.717, 1.165) is 40.0 Å². The van der Waals surface area contributed by atoms with Gasteiger partial charge in [0.25, 0.3) is 0 Å². The van der Waals surface area contributed by atoms with Gasteiger partial charge in [0.15, 0.2) is 5.11 Å². The van der Waals surface area contributed by atoms with Crippen LogP contribution in [0.1, 0.15) is 42.9 Å². The summed E-state index contributed by atoms with van der Waals surface area (Å²) in [5.74, 6) is 2.13. The predicted molar refractivity (Wildman–Crippen MR) is 121 cm³/mol. The van der Waals surface area contributed by atoms with Crippen LogP contribution in [0, 0.1) is 12.8 Å². The van der Waals surface area contributed by atoms with Crippen molar-refractivity contribution < 1.29 is 4.42 Å². The molecule has 4 nitrogen and oxygen atoms in total. The van der Waals surface area contributed by atoms with Gasteiger partial charge in [0, 0.05) is 23.3 Å². The van der Waals surface area contributed by atoms with Crippen molar-refractivity contribution in [3.05, 3.63) is 76.8 Å². The van der Waals surface area contributed by atoms with Gasteiger partial charge < -0.3 is 14.6 Å².